The predicted molar refractivity (Wildman–Crippen MR) is 73.6 cm³/mol. The molecule has 2 rings (SSSR count). The molecule has 0 atom stereocenters. The van der Waals surface area contributed by atoms with E-state index in [0.717, 1.165) is 11.3 Å². The Bertz CT molecular complexity index is 556. The first-order chi connectivity index (χ1) is 8.63. The minimum atomic E-state index is -0.350. The lowest BCUT2D eigenvalue weighted by Gasteiger charge is -2.07. The zero-order valence-corrected chi connectivity index (χ0v) is 11.2. The molecule has 0 fully saturated rings. The van der Waals surface area contributed by atoms with Gasteiger partial charge in [0.1, 0.15) is 4.60 Å². The van der Waals surface area contributed by atoms with E-state index in [0.29, 0.717) is 10.4 Å². The van der Waals surface area contributed by atoms with E-state index in [9.17, 15) is 4.79 Å². The maximum Gasteiger partial charge on any atom is 0.324 e. The molecule has 2 amide bonds. The monoisotopic (exact) mass is 306 g/mol. The molecule has 0 radical (unpaired) electrons. The minimum absolute atomic E-state index is 0.350. The van der Waals surface area contributed by atoms with Crippen LogP contribution in [-0.4, -0.2) is 16.0 Å². The van der Waals surface area contributed by atoms with E-state index in [4.69, 9.17) is 0 Å². The maximum atomic E-state index is 11.7. The largest absolute Gasteiger partial charge is 0.324 e. The second-order valence-corrected chi connectivity index (χ2v) is 4.49. The molecule has 1 aromatic heterocycles. The molecule has 92 valence electrons. The second-order valence-electron chi connectivity index (χ2n) is 3.67. The summed E-state index contributed by atoms with van der Waals surface area (Å²) in [6.07, 6.45) is 2.99. The number of urea groups is 1. The Kier molecular flexibility index (Phi) is 3.88. The van der Waals surface area contributed by atoms with E-state index in [1.54, 1.807) is 0 Å². The molecule has 0 unspecified atom stereocenters. The van der Waals surface area contributed by atoms with Crippen LogP contribution in [0.1, 0.15) is 5.56 Å². The third kappa shape index (κ3) is 3.53. The molecule has 1 aromatic carbocycles. The first-order valence-electron chi connectivity index (χ1n) is 5.26. The summed E-state index contributed by atoms with van der Waals surface area (Å²) in [5, 5.41) is 5.31. The zero-order valence-electron chi connectivity index (χ0n) is 9.64. The standard InChI is InChI=1S/C12H11BrN4O/c1-8-3-2-4-9(5-8)16-12(18)17-11-7-14-10(13)6-15-11/h2-7H,1H3,(H2,15,16,17,18). The predicted octanol–water partition coefficient (Wildman–Crippen LogP) is 3.19. The van der Waals surface area contributed by atoms with Gasteiger partial charge in [0, 0.05) is 5.69 Å². The number of aromatic nitrogens is 2. The van der Waals surface area contributed by atoms with Crippen molar-refractivity contribution in [3.63, 3.8) is 0 Å². The molecule has 0 saturated carbocycles. The average Bonchev–Trinajstić information content (AvgIpc) is 2.32. The lowest BCUT2D eigenvalue weighted by Crippen LogP contribution is -2.20. The Hall–Kier alpha value is -1.95. The van der Waals surface area contributed by atoms with Crippen LogP contribution >= 0.6 is 15.9 Å². The number of nitrogens with one attached hydrogen (secondary N) is 2. The van der Waals surface area contributed by atoms with Crippen molar-refractivity contribution in [3.05, 3.63) is 46.8 Å². The van der Waals surface area contributed by atoms with Gasteiger partial charge < -0.3 is 5.32 Å². The van der Waals surface area contributed by atoms with Gasteiger partial charge in [0.25, 0.3) is 0 Å². The zero-order chi connectivity index (χ0) is 13.0. The van der Waals surface area contributed by atoms with Crippen molar-refractivity contribution in [2.45, 2.75) is 6.92 Å². The molecular weight excluding hydrogens is 296 g/mol. The lowest BCUT2D eigenvalue weighted by molar-refractivity contribution is 0.262. The first kappa shape index (κ1) is 12.5. The lowest BCUT2D eigenvalue weighted by atomic mass is 10.2. The van der Waals surface area contributed by atoms with Gasteiger partial charge in [-0.25, -0.2) is 14.8 Å². The summed E-state index contributed by atoms with van der Waals surface area (Å²) in [6, 6.07) is 7.19. The maximum absolute atomic E-state index is 11.7. The summed E-state index contributed by atoms with van der Waals surface area (Å²) in [7, 11) is 0. The quantitative estimate of drug-likeness (QED) is 0.895. The fraction of sp³-hybridized carbons (Fsp3) is 0.0833. The van der Waals surface area contributed by atoms with Crippen LogP contribution in [0.2, 0.25) is 0 Å². The van der Waals surface area contributed by atoms with E-state index in [1.807, 2.05) is 31.2 Å². The van der Waals surface area contributed by atoms with Crippen molar-refractivity contribution in [2.24, 2.45) is 0 Å². The van der Waals surface area contributed by atoms with Crippen LogP contribution in [0.15, 0.2) is 41.3 Å². The van der Waals surface area contributed by atoms with Crippen molar-refractivity contribution >= 4 is 33.5 Å². The highest BCUT2D eigenvalue weighted by atomic mass is 79.9. The summed E-state index contributed by atoms with van der Waals surface area (Å²) in [6.45, 7) is 1.96. The number of anilines is 2. The van der Waals surface area contributed by atoms with Crippen LogP contribution in [0.3, 0.4) is 0 Å². The van der Waals surface area contributed by atoms with Gasteiger partial charge in [0.15, 0.2) is 5.82 Å². The van der Waals surface area contributed by atoms with E-state index in [-0.39, 0.29) is 6.03 Å². The molecule has 6 heteroatoms. The number of benzene rings is 1. The van der Waals surface area contributed by atoms with Gasteiger partial charge in [-0.15, -0.1) is 0 Å². The van der Waals surface area contributed by atoms with Crippen LogP contribution in [0, 0.1) is 6.92 Å². The smallest absolute Gasteiger partial charge is 0.308 e. The van der Waals surface area contributed by atoms with Crippen molar-refractivity contribution in [2.75, 3.05) is 10.6 Å². The van der Waals surface area contributed by atoms with Crippen molar-refractivity contribution in [1.29, 1.82) is 0 Å². The molecule has 5 nitrogen and oxygen atoms in total. The van der Waals surface area contributed by atoms with Gasteiger partial charge in [-0.1, -0.05) is 12.1 Å². The summed E-state index contributed by atoms with van der Waals surface area (Å²) < 4.78 is 0.618. The number of carbonyl (C=O) groups excluding carboxylic acids is 1. The van der Waals surface area contributed by atoms with Crippen LogP contribution in [0.25, 0.3) is 0 Å². The van der Waals surface area contributed by atoms with Gasteiger partial charge in [0.05, 0.1) is 12.4 Å². The first-order valence-corrected chi connectivity index (χ1v) is 6.05. The molecule has 0 aliphatic heterocycles. The Morgan fingerprint density at radius 2 is 2.06 bits per heavy atom. The van der Waals surface area contributed by atoms with Crippen LogP contribution < -0.4 is 10.6 Å². The van der Waals surface area contributed by atoms with E-state index in [2.05, 4.69) is 36.5 Å². The van der Waals surface area contributed by atoms with Crippen molar-refractivity contribution in [3.8, 4) is 0 Å². The number of halogens is 1. The number of nitrogens with zero attached hydrogens (tertiary/aromatic N) is 2. The van der Waals surface area contributed by atoms with Gasteiger partial charge in [0.2, 0.25) is 0 Å². The number of hydrogen-bond donors (Lipinski definition) is 2. The van der Waals surface area contributed by atoms with Crippen molar-refractivity contribution < 1.29 is 4.79 Å². The van der Waals surface area contributed by atoms with Crippen LogP contribution in [0.4, 0.5) is 16.3 Å². The number of hydrogen-bond acceptors (Lipinski definition) is 3. The number of aryl methyl sites for hydroxylation is 1. The summed E-state index contributed by atoms with van der Waals surface area (Å²) in [5.41, 5.74) is 1.81. The highest BCUT2D eigenvalue weighted by molar-refractivity contribution is 9.10. The molecule has 2 N–H and O–H groups in total. The molecule has 2 aromatic rings. The van der Waals surface area contributed by atoms with Crippen LogP contribution in [-0.2, 0) is 0 Å². The van der Waals surface area contributed by atoms with Gasteiger partial charge in [-0.3, -0.25) is 5.32 Å². The molecule has 0 aliphatic carbocycles. The van der Waals surface area contributed by atoms with Crippen LogP contribution in [0.5, 0.6) is 0 Å². The van der Waals surface area contributed by atoms with E-state index < -0.39 is 0 Å². The summed E-state index contributed by atoms with van der Waals surface area (Å²) in [5.74, 6) is 0.392. The third-order valence-electron chi connectivity index (χ3n) is 2.14. The Morgan fingerprint density at radius 1 is 1.22 bits per heavy atom. The van der Waals surface area contributed by atoms with Gasteiger partial charge >= 0.3 is 6.03 Å². The van der Waals surface area contributed by atoms with E-state index >= 15 is 0 Å². The molecule has 18 heavy (non-hydrogen) atoms. The number of carbonyl (C=O) groups is 1. The minimum Gasteiger partial charge on any atom is -0.308 e. The molecule has 0 bridgehead atoms. The average molecular weight is 307 g/mol. The molecular formula is C12H11BrN4O. The second kappa shape index (κ2) is 5.59. The molecule has 0 aliphatic rings. The molecule has 0 spiro atoms. The topological polar surface area (TPSA) is 66.9 Å². The fourth-order valence-corrected chi connectivity index (χ4v) is 1.58. The Morgan fingerprint density at radius 3 is 2.72 bits per heavy atom. The highest BCUT2D eigenvalue weighted by Gasteiger charge is 2.03. The van der Waals surface area contributed by atoms with Gasteiger partial charge in [-0.2, -0.15) is 0 Å². The highest BCUT2D eigenvalue weighted by Crippen LogP contribution is 2.10. The van der Waals surface area contributed by atoms with E-state index in [1.165, 1.54) is 12.4 Å². The number of amides is 2. The normalized spacial score (nSPS) is 9.89. The summed E-state index contributed by atoms with van der Waals surface area (Å²) in [4.78, 5) is 19.6. The van der Waals surface area contributed by atoms with Crippen molar-refractivity contribution in [1.82, 2.24) is 9.97 Å². The fourth-order valence-electron chi connectivity index (χ4n) is 1.38. The third-order valence-corrected chi connectivity index (χ3v) is 2.55. The molecule has 1 heterocycles. The Balaban J connectivity index is 1.98. The number of rotatable bonds is 2. The SMILES string of the molecule is Cc1cccc(NC(=O)Nc2cnc(Br)cn2)c1. The molecule has 0 saturated heterocycles. The van der Waals surface area contributed by atoms with Gasteiger partial charge in [-0.05, 0) is 40.5 Å². The summed E-state index contributed by atoms with van der Waals surface area (Å²) >= 11 is 3.17. The Labute approximate surface area is 113 Å².